The van der Waals surface area contributed by atoms with E-state index in [0.717, 1.165) is 0 Å². The lowest BCUT2D eigenvalue weighted by molar-refractivity contribution is -0.384. The number of nitro benzene ring substituents is 1. The van der Waals surface area contributed by atoms with Gasteiger partial charge in [-0.05, 0) is 60.7 Å². The Morgan fingerprint density at radius 3 is 1.95 bits per heavy atom. The normalized spacial score (nSPS) is 10.2. The van der Waals surface area contributed by atoms with Crippen molar-refractivity contribution in [2.45, 2.75) is 0 Å². The highest BCUT2D eigenvalue weighted by molar-refractivity contribution is 6.30. The maximum absolute atomic E-state index is 12.3. The monoisotopic (exact) mass is 525 g/mol. The number of carbonyl (C=O) groups is 4. The van der Waals surface area contributed by atoms with Crippen LogP contribution in [0.4, 0.5) is 5.69 Å². The standard InChI is InChI=1S/C25H20ClN3O8/c26-18-5-1-17(2-6-18)25(33)28-13-23(31)27-14-24(32)36-15-22(30)16-3-9-20(10-4-16)37-21-11-7-19(8-12-21)29(34)35/h1-12H,13-15H2,(H,27,31)(H,28,33). The van der Waals surface area contributed by atoms with Crippen LogP contribution in [0.1, 0.15) is 20.7 Å². The van der Waals surface area contributed by atoms with Crippen molar-refractivity contribution in [2.24, 2.45) is 0 Å². The molecule has 0 spiro atoms. The van der Waals surface area contributed by atoms with E-state index in [2.05, 4.69) is 10.6 Å². The number of halogens is 1. The third-order valence-electron chi connectivity index (χ3n) is 4.77. The molecule has 2 amide bonds. The van der Waals surface area contributed by atoms with Gasteiger partial charge in [-0.2, -0.15) is 0 Å². The Morgan fingerprint density at radius 1 is 0.784 bits per heavy atom. The van der Waals surface area contributed by atoms with Crippen molar-refractivity contribution in [3.05, 3.63) is 99.1 Å². The molecule has 0 aliphatic carbocycles. The van der Waals surface area contributed by atoms with E-state index in [1.165, 1.54) is 72.8 Å². The molecule has 3 aromatic carbocycles. The molecule has 0 unspecified atom stereocenters. The molecule has 37 heavy (non-hydrogen) atoms. The summed E-state index contributed by atoms with van der Waals surface area (Å²) in [6.45, 7) is -1.38. The minimum absolute atomic E-state index is 0.0664. The number of ketones is 1. The molecule has 0 heterocycles. The Kier molecular flexibility index (Phi) is 9.28. The van der Waals surface area contributed by atoms with Crippen LogP contribution in [0.2, 0.25) is 5.02 Å². The highest BCUT2D eigenvalue weighted by Crippen LogP contribution is 2.24. The second kappa shape index (κ2) is 12.8. The highest BCUT2D eigenvalue weighted by Gasteiger charge is 2.13. The predicted octanol–water partition coefficient (Wildman–Crippen LogP) is 3.31. The number of benzene rings is 3. The summed E-state index contributed by atoms with van der Waals surface area (Å²) in [5.74, 6) is -1.63. The number of nitrogens with zero attached hydrogens (tertiary/aromatic N) is 1. The van der Waals surface area contributed by atoms with Gasteiger partial charge in [-0.1, -0.05) is 11.6 Å². The molecule has 12 heteroatoms. The first-order chi connectivity index (χ1) is 17.7. The van der Waals surface area contributed by atoms with Crippen LogP contribution >= 0.6 is 11.6 Å². The minimum atomic E-state index is -0.830. The van der Waals surface area contributed by atoms with Crippen LogP contribution in [0.15, 0.2) is 72.8 Å². The van der Waals surface area contributed by atoms with Gasteiger partial charge in [-0.15, -0.1) is 0 Å². The molecular weight excluding hydrogens is 506 g/mol. The molecule has 0 saturated heterocycles. The lowest BCUT2D eigenvalue weighted by Crippen LogP contribution is -2.39. The zero-order valence-corrected chi connectivity index (χ0v) is 19.9. The highest BCUT2D eigenvalue weighted by atomic mass is 35.5. The molecule has 0 aliphatic heterocycles. The van der Waals surface area contributed by atoms with E-state index in [9.17, 15) is 29.3 Å². The zero-order valence-electron chi connectivity index (χ0n) is 19.1. The Hall–Kier alpha value is -4.77. The molecule has 0 radical (unpaired) electrons. The van der Waals surface area contributed by atoms with Crippen LogP contribution in [-0.2, 0) is 14.3 Å². The summed E-state index contributed by atoms with van der Waals surface area (Å²) in [5.41, 5.74) is 0.516. The molecule has 0 atom stereocenters. The van der Waals surface area contributed by atoms with E-state index in [1.54, 1.807) is 0 Å². The molecule has 2 N–H and O–H groups in total. The number of carbonyl (C=O) groups excluding carboxylic acids is 4. The zero-order chi connectivity index (χ0) is 26.8. The molecule has 0 bridgehead atoms. The van der Waals surface area contributed by atoms with E-state index >= 15 is 0 Å². The Morgan fingerprint density at radius 2 is 1.35 bits per heavy atom. The number of nitrogens with one attached hydrogen (secondary N) is 2. The Labute approximate surface area is 215 Å². The Bertz CT molecular complexity index is 1290. The van der Waals surface area contributed by atoms with Gasteiger partial charge >= 0.3 is 5.97 Å². The summed E-state index contributed by atoms with van der Waals surface area (Å²) < 4.78 is 10.5. The van der Waals surface area contributed by atoms with E-state index in [4.69, 9.17) is 21.1 Å². The van der Waals surface area contributed by atoms with Crippen molar-refractivity contribution in [1.82, 2.24) is 10.6 Å². The number of esters is 1. The summed E-state index contributed by atoms with van der Waals surface area (Å²) >= 11 is 5.76. The molecule has 3 aromatic rings. The number of nitro groups is 1. The van der Waals surface area contributed by atoms with Gasteiger partial charge in [0.2, 0.25) is 5.91 Å². The summed E-state index contributed by atoms with van der Waals surface area (Å²) in [7, 11) is 0. The third kappa shape index (κ3) is 8.44. The molecule has 3 rings (SSSR count). The summed E-state index contributed by atoms with van der Waals surface area (Å²) in [6.07, 6.45) is 0. The number of ether oxygens (including phenoxy) is 2. The van der Waals surface area contributed by atoms with E-state index in [0.29, 0.717) is 22.1 Å². The summed E-state index contributed by atoms with van der Waals surface area (Å²) in [5, 5.41) is 15.9. The van der Waals surface area contributed by atoms with Gasteiger partial charge in [-0.25, -0.2) is 0 Å². The maximum atomic E-state index is 12.3. The fourth-order valence-corrected chi connectivity index (χ4v) is 2.98. The van der Waals surface area contributed by atoms with Gasteiger partial charge in [0.25, 0.3) is 11.6 Å². The molecule has 0 aliphatic rings. The summed E-state index contributed by atoms with van der Waals surface area (Å²) in [4.78, 5) is 58.1. The number of Topliss-reactive ketones (excluding diaryl/α,β-unsaturated/α-hetero) is 1. The van der Waals surface area contributed by atoms with Crippen LogP contribution in [0.25, 0.3) is 0 Å². The smallest absolute Gasteiger partial charge is 0.325 e. The lowest BCUT2D eigenvalue weighted by atomic mass is 10.1. The van der Waals surface area contributed by atoms with Crippen molar-refractivity contribution >= 4 is 40.9 Å². The largest absolute Gasteiger partial charge is 0.457 e. The average Bonchev–Trinajstić information content (AvgIpc) is 2.90. The first-order valence-corrected chi connectivity index (χ1v) is 11.1. The molecular formula is C25H20ClN3O8. The van der Waals surface area contributed by atoms with E-state index in [-0.39, 0.29) is 17.8 Å². The maximum Gasteiger partial charge on any atom is 0.325 e. The average molecular weight is 526 g/mol. The number of hydrogen-bond acceptors (Lipinski definition) is 8. The lowest BCUT2D eigenvalue weighted by Gasteiger charge is -2.08. The van der Waals surface area contributed by atoms with Crippen molar-refractivity contribution in [3.8, 4) is 11.5 Å². The molecule has 11 nitrogen and oxygen atoms in total. The van der Waals surface area contributed by atoms with Gasteiger partial charge in [0.1, 0.15) is 18.0 Å². The SMILES string of the molecule is O=C(CNC(=O)c1ccc(Cl)cc1)NCC(=O)OCC(=O)c1ccc(Oc2ccc([N+](=O)[O-])cc2)cc1. The van der Waals surface area contributed by atoms with Crippen molar-refractivity contribution in [2.75, 3.05) is 19.7 Å². The number of amides is 2. The van der Waals surface area contributed by atoms with Crippen LogP contribution in [0.3, 0.4) is 0 Å². The van der Waals surface area contributed by atoms with Gasteiger partial charge < -0.3 is 20.1 Å². The van der Waals surface area contributed by atoms with Gasteiger partial charge in [0, 0.05) is 28.3 Å². The summed E-state index contributed by atoms with van der Waals surface area (Å²) in [6, 6.07) is 17.6. The first kappa shape index (κ1) is 26.8. The number of rotatable bonds is 11. The number of hydrogen-bond donors (Lipinski definition) is 2. The van der Waals surface area contributed by atoms with E-state index in [1.807, 2.05) is 0 Å². The second-order valence-corrected chi connectivity index (χ2v) is 7.86. The first-order valence-electron chi connectivity index (χ1n) is 10.7. The van der Waals surface area contributed by atoms with E-state index < -0.39 is 41.6 Å². The molecule has 0 fully saturated rings. The van der Waals surface area contributed by atoms with Crippen LogP contribution in [-0.4, -0.2) is 48.2 Å². The number of non-ortho nitro benzene ring substituents is 1. The molecule has 0 saturated carbocycles. The third-order valence-corrected chi connectivity index (χ3v) is 5.02. The van der Waals surface area contributed by atoms with Crippen LogP contribution in [0, 0.1) is 10.1 Å². The van der Waals surface area contributed by atoms with Gasteiger partial charge in [0.05, 0.1) is 11.5 Å². The van der Waals surface area contributed by atoms with Crippen molar-refractivity contribution in [1.29, 1.82) is 0 Å². The predicted molar refractivity (Wildman–Crippen MR) is 132 cm³/mol. The molecule has 0 aromatic heterocycles. The Balaban J connectivity index is 1.37. The minimum Gasteiger partial charge on any atom is -0.457 e. The topological polar surface area (TPSA) is 154 Å². The van der Waals surface area contributed by atoms with Crippen LogP contribution < -0.4 is 15.4 Å². The van der Waals surface area contributed by atoms with Crippen LogP contribution in [0.5, 0.6) is 11.5 Å². The van der Waals surface area contributed by atoms with Gasteiger partial charge in [-0.3, -0.25) is 29.3 Å². The molecule has 190 valence electrons. The quantitative estimate of drug-likeness (QED) is 0.167. The van der Waals surface area contributed by atoms with Crippen molar-refractivity contribution < 1.29 is 33.6 Å². The van der Waals surface area contributed by atoms with Gasteiger partial charge in [0.15, 0.2) is 12.4 Å². The fraction of sp³-hybridized carbons (Fsp3) is 0.120. The fourth-order valence-electron chi connectivity index (χ4n) is 2.86. The van der Waals surface area contributed by atoms with Crippen molar-refractivity contribution in [3.63, 3.8) is 0 Å². The second-order valence-electron chi connectivity index (χ2n) is 7.43.